The van der Waals surface area contributed by atoms with E-state index in [0.29, 0.717) is 22.2 Å². The Hall–Kier alpha value is -2.59. The van der Waals surface area contributed by atoms with Crippen molar-refractivity contribution in [3.05, 3.63) is 46.6 Å². The number of β-lactam (4-membered cyclic amide) rings is 1. The first-order valence-electron chi connectivity index (χ1n) is 10.9. The molecule has 2 aromatic heterocycles. The summed E-state index contributed by atoms with van der Waals surface area (Å²) in [4.78, 5) is 60.8. The molecular formula is C21H24N6O7PS3+. The highest BCUT2D eigenvalue weighted by Gasteiger charge is 2.54. The molecule has 0 spiro atoms. The van der Waals surface area contributed by atoms with E-state index >= 15 is 0 Å². The van der Waals surface area contributed by atoms with Gasteiger partial charge in [0.25, 0.3) is 19.8 Å². The first kappa shape index (κ1) is 28.4. The third kappa shape index (κ3) is 5.71. The molecule has 0 aliphatic carbocycles. The molecule has 2 amide bonds. The lowest BCUT2D eigenvalue weighted by Crippen LogP contribution is -2.70. The molecule has 4 rings (SSSR count). The largest absolute Gasteiger partial charge is 0.628 e. The van der Waals surface area contributed by atoms with Crippen molar-refractivity contribution in [3.63, 3.8) is 0 Å². The van der Waals surface area contributed by atoms with Crippen LogP contribution in [0.2, 0.25) is 0 Å². The van der Waals surface area contributed by atoms with E-state index in [-0.39, 0.29) is 22.1 Å². The van der Waals surface area contributed by atoms with E-state index in [1.165, 1.54) is 48.0 Å². The van der Waals surface area contributed by atoms with Crippen LogP contribution in [0.3, 0.4) is 0 Å². The molecule has 202 valence electrons. The van der Waals surface area contributed by atoms with Crippen LogP contribution in [0.15, 0.2) is 46.1 Å². The number of aryl methyl sites for hydroxylation is 1. The zero-order valence-corrected chi connectivity index (χ0v) is 23.7. The summed E-state index contributed by atoms with van der Waals surface area (Å²) < 4.78 is 11.7. The van der Waals surface area contributed by atoms with Crippen LogP contribution in [0.25, 0.3) is 5.57 Å². The number of thiazole rings is 1. The molecule has 1 fully saturated rings. The number of nitrogen functional groups attached to an aromatic ring is 1. The smallest absolute Gasteiger partial charge is 0.359 e. The number of carbonyl (C=O) groups is 3. The van der Waals surface area contributed by atoms with Crippen LogP contribution in [0.5, 0.6) is 0 Å². The molecule has 4 heterocycles. The molecule has 0 unspecified atom stereocenters. The molecule has 2 atom stereocenters. The molecule has 0 aromatic carbocycles. The number of thioether (sulfide) groups is 2. The Bertz CT molecular complexity index is 1330. The summed E-state index contributed by atoms with van der Waals surface area (Å²) in [6, 6.07) is 0.779. The molecule has 17 heteroatoms. The van der Waals surface area contributed by atoms with E-state index in [1.807, 2.05) is 17.8 Å². The van der Waals surface area contributed by atoms with Gasteiger partial charge < -0.3 is 21.1 Å². The van der Waals surface area contributed by atoms with Crippen LogP contribution in [0.1, 0.15) is 5.69 Å². The summed E-state index contributed by atoms with van der Waals surface area (Å²) in [7, 11) is 0.382. The molecule has 2 aliphatic heterocycles. The average Bonchev–Trinajstić information content (AvgIpc) is 3.34. The predicted molar refractivity (Wildman–Crippen MR) is 141 cm³/mol. The van der Waals surface area contributed by atoms with Gasteiger partial charge in [-0.1, -0.05) is 0 Å². The molecule has 13 nitrogen and oxygen atoms in total. The second-order valence-electron chi connectivity index (χ2n) is 7.94. The first-order chi connectivity index (χ1) is 18.1. The third-order valence-electron chi connectivity index (χ3n) is 5.63. The van der Waals surface area contributed by atoms with Crippen LogP contribution in [0, 0.1) is 0 Å². The number of hydrogen-bond acceptors (Lipinski definition) is 12. The zero-order valence-electron chi connectivity index (χ0n) is 20.4. The Kier molecular flexibility index (Phi) is 8.72. The van der Waals surface area contributed by atoms with Crippen LogP contribution in [0.4, 0.5) is 5.13 Å². The number of rotatable bonds is 10. The standard InChI is InChI=1S/C21H23N6O7PS3/c1-26-6-4-5-23-21(26)38-9-11-8-36-18-14(17(29)27(18)15(11)19(30)31)25-16(28)12(7-35(32,33-2)34-3)13-10-37-20(22)24-13/h4-7,10,14,18H,8-9H2,1-3H3,(H3-,22,24,25,28,30,31)/p+1/b12-7+/t14-,18-/m1/s1. The van der Waals surface area contributed by atoms with E-state index < -0.39 is 37.1 Å². The monoisotopic (exact) mass is 599 g/mol. The number of carbonyl (C=O) groups excluding carboxylic acids is 2. The highest BCUT2D eigenvalue weighted by atomic mass is 32.2. The maximum absolute atomic E-state index is 13.2. The second kappa shape index (κ2) is 11.7. The number of aliphatic carboxylic acids is 1. The van der Waals surface area contributed by atoms with Crippen molar-refractivity contribution >= 4 is 71.3 Å². The summed E-state index contributed by atoms with van der Waals surface area (Å²) in [5.74, 6) is -0.866. The molecule has 38 heavy (non-hydrogen) atoms. The fourth-order valence-corrected chi connectivity index (χ4v) is 7.63. The minimum Gasteiger partial charge on any atom is -0.628 e. The van der Waals surface area contributed by atoms with Crippen molar-refractivity contribution in [2.75, 3.05) is 31.5 Å². The number of hydrogen-bond donors (Lipinski definition) is 3. The summed E-state index contributed by atoms with van der Waals surface area (Å²) in [6.07, 6.45) is 3.48. The Morgan fingerprint density at radius 3 is 2.79 bits per heavy atom. The Balaban J connectivity index is 1.54. The first-order valence-corrected chi connectivity index (χ1v) is 15.4. The maximum Gasteiger partial charge on any atom is 0.359 e. The van der Waals surface area contributed by atoms with Crippen molar-refractivity contribution in [2.24, 2.45) is 7.05 Å². The van der Waals surface area contributed by atoms with E-state index in [2.05, 4.69) is 15.3 Å². The SMILES string of the molecule is CO[P+]([O-])(/C=C(/C(=O)N[C@@H]1C(=O)N2C(C(=O)O)=C(CSc3nccc[n+]3C)CS[C@H]12)c1csc(N)n1)OC. The van der Waals surface area contributed by atoms with Crippen LogP contribution < -0.4 is 20.5 Å². The quantitative estimate of drug-likeness (QED) is 0.0845. The van der Waals surface area contributed by atoms with Crippen LogP contribution in [-0.2, 0) is 30.5 Å². The van der Waals surface area contributed by atoms with Crippen molar-refractivity contribution in [1.82, 2.24) is 20.2 Å². The van der Waals surface area contributed by atoms with Gasteiger partial charge in [-0.15, -0.1) is 23.1 Å². The Morgan fingerprint density at radius 2 is 2.18 bits per heavy atom. The van der Waals surface area contributed by atoms with E-state index in [9.17, 15) is 24.4 Å². The Morgan fingerprint density at radius 1 is 1.45 bits per heavy atom. The van der Waals surface area contributed by atoms with Gasteiger partial charge in [-0.2, -0.15) is 0 Å². The molecule has 0 bridgehead atoms. The minimum absolute atomic E-state index is 0.0957. The van der Waals surface area contributed by atoms with E-state index in [4.69, 9.17) is 14.8 Å². The van der Waals surface area contributed by atoms with Crippen LogP contribution in [-0.4, -0.2) is 74.9 Å². The summed E-state index contributed by atoms with van der Waals surface area (Å²) in [6.45, 7) is 0. The topological polar surface area (TPSA) is 184 Å². The summed E-state index contributed by atoms with van der Waals surface area (Å²) in [5.41, 5.74) is 6.17. The number of nitrogens with two attached hydrogens (primary N) is 1. The highest BCUT2D eigenvalue weighted by molar-refractivity contribution is 8.01. The van der Waals surface area contributed by atoms with Gasteiger partial charge in [-0.3, -0.25) is 14.5 Å². The number of nitrogens with one attached hydrogen (secondary N) is 1. The molecule has 0 radical (unpaired) electrons. The lowest BCUT2D eigenvalue weighted by Gasteiger charge is -2.49. The van der Waals surface area contributed by atoms with Crippen molar-refractivity contribution in [1.29, 1.82) is 0 Å². The van der Waals surface area contributed by atoms with Gasteiger partial charge in [0.1, 0.15) is 34.7 Å². The van der Waals surface area contributed by atoms with Gasteiger partial charge >= 0.3 is 11.1 Å². The molecule has 1 saturated heterocycles. The zero-order chi connectivity index (χ0) is 27.6. The van der Waals surface area contributed by atoms with Crippen molar-refractivity contribution in [3.8, 4) is 0 Å². The highest BCUT2D eigenvalue weighted by Crippen LogP contribution is 2.54. The minimum atomic E-state index is -3.79. The van der Waals surface area contributed by atoms with Gasteiger partial charge in [0.2, 0.25) is 0 Å². The van der Waals surface area contributed by atoms with Gasteiger partial charge in [-0.25, -0.2) is 23.4 Å². The van der Waals surface area contributed by atoms with E-state index in [1.54, 1.807) is 12.3 Å². The average molecular weight is 600 g/mol. The molecule has 0 saturated carbocycles. The summed E-state index contributed by atoms with van der Waals surface area (Å²) in [5, 5.41) is 14.3. The predicted octanol–water partition coefficient (Wildman–Crippen LogP) is 0.232. The van der Waals surface area contributed by atoms with Gasteiger partial charge in [-0.05, 0) is 22.3 Å². The summed E-state index contributed by atoms with van der Waals surface area (Å²) >= 11 is 3.78. The third-order valence-corrected chi connectivity index (χ3v) is 10.4. The Labute approximate surface area is 230 Å². The number of aromatic nitrogens is 3. The number of amides is 2. The normalized spacial score (nSPS) is 19.7. The lowest BCUT2D eigenvalue weighted by molar-refractivity contribution is -0.713. The second-order valence-corrected chi connectivity index (χ2v) is 12.9. The van der Waals surface area contributed by atoms with Gasteiger partial charge in [0.05, 0.1) is 33.2 Å². The van der Waals surface area contributed by atoms with Gasteiger partial charge in [0.15, 0.2) is 5.13 Å². The number of fused-ring (bicyclic) bond motifs is 1. The fraction of sp³-hybridized carbons (Fsp3) is 0.333. The number of nitrogens with zero attached hydrogens (tertiary/aromatic N) is 4. The van der Waals surface area contributed by atoms with E-state index in [0.717, 1.165) is 17.2 Å². The number of carboxylic acids is 1. The molecule has 4 N–H and O–H groups in total. The van der Waals surface area contributed by atoms with Gasteiger partial charge in [0, 0.05) is 23.0 Å². The lowest BCUT2D eigenvalue weighted by atomic mass is 10.0. The number of anilines is 1. The molecule has 2 aliphatic rings. The maximum atomic E-state index is 13.2. The van der Waals surface area contributed by atoms with Crippen molar-refractivity contribution in [2.45, 2.75) is 16.6 Å². The fourth-order valence-electron chi connectivity index (χ4n) is 3.72. The molecular weight excluding hydrogens is 575 g/mol. The van der Waals surface area contributed by atoms with Crippen LogP contribution >= 0.6 is 42.8 Å². The molecule has 2 aromatic rings. The number of carboxylic acid groups (broad SMARTS) is 1. The van der Waals surface area contributed by atoms with Crippen molar-refractivity contribution < 1.29 is 38.0 Å².